The molecule has 14 rings (SSSR count). The van der Waals surface area contributed by atoms with Crippen LogP contribution in [0.3, 0.4) is 0 Å². The van der Waals surface area contributed by atoms with Gasteiger partial charge in [-0.25, -0.2) is 0 Å². The van der Waals surface area contributed by atoms with Crippen molar-refractivity contribution in [2.75, 3.05) is 0 Å². The molecular weight excluding hydrogens is 699 g/mol. The highest BCUT2D eigenvalue weighted by Crippen LogP contribution is 2.56. The quantitative estimate of drug-likeness (QED) is 0.158. The predicted octanol–water partition coefficient (Wildman–Crippen LogP) is 14.5. The standard InChI is InChI=1S/C57H35N/c1-2-15-39(16-3-1)58-56-21-11-10-20-43(56)55-31-53-51-29-45-37(23-34-13-5-8-18-41(34)45)26-48(51)47-25-36-22-33-12-4-7-17-40(33)44(36)28-50(47)52-30-46-38(24-35-14-6-9-19-42(35)46)27-49(52)54(53)32-57(55)58/h1-21,25-32H,22-24H2. The fraction of sp³-hybridized carbons (Fsp3) is 0.0526. The number of para-hydroxylation sites is 2. The Hall–Kier alpha value is -7.22. The number of rotatable bonds is 1. The van der Waals surface area contributed by atoms with Crippen molar-refractivity contribution in [2.45, 2.75) is 19.3 Å². The monoisotopic (exact) mass is 733 g/mol. The second-order valence-corrected chi connectivity index (χ2v) is 16.8. The van der Waals surface area contributed by atoms with Crippen LogP contribution in [-0.4, -0.2) is 4.57 Å². The molecule has 1 heterocycles. The predicted molar refractivity (Wildman–Crippen MR) is 241 cm³/mol. The summed E-state index contributed by atoms with van der Waals surface area (Å²) in [6, 6.07) is 67.4. The molecule has 9 aromatic carbocycles. The lowest BCUT2D eigenvalue weighted by molar-refractivity contribution is 1.18. The third-order valence-electron chi connectivity index (χ3n) is 13.8. The largest absolute Gasteiger partial charge is 0.309 e. The number of hydrogen-bond acceptors (Lipinski definition) is 0. The van der Waals surface area contributed by atoms with E-state index in [1.807, 2.05) is 0 Å². The molecule has 1 aromatic heterocycles. The first-order valence-electron chi connectivity index (χ1n) is 20.6. The van der Waals surface area contributed by atoms with Gasteiger partial charge in [-0.1, -0.05) is 109 Å². The molecule has 0 saturated heterocycles. The smallest absolute Gasteiger partial charge is 0.0547 e. The molecule has 0 fully saturated rings. The molecule has 0 bridgehead atoms. The van der Waals surface area contributed by atoms with Gasteiger partial charge in [0.2, 0.25) is 0 Å². The van der Waals surface area contributed by atoms with Crippen LogP contribution in [0.1, 0.15) is 33.4 Å². The second kappa shape index (κ2) is 11.2. The van der Waals surface area contributed by atoms with E-state index in [0.717, 1.165) is 19.3 Å². The van der Waals surface area contributed by atoms with E-state index in [1.54, 1.807) is 0 Å². The van der Waals surface area contributed by atoms with Gasteiger partial charge >= 0.3 is 0 Å². The second-order valence-electron chi connectivity index (χ2n) is 16.8. The van der Waals surface area contributed by atoms with Crippen LogP contribution >= 0.6 is 0 Å². The first-order chi connectivity index (χ1) is 28.7. The van der Waals surface area contributed by atoms with Crippen molar-refractivity contribution in [3.63, 3.8) is 0 Å². The molecule has 0 saturated carbocycles. The maximum atomic E-state index is 2.56. The van der Waals surface area contributed by atoms with Crippen LogP contribution in [0.4, 0.5) is 0 Å². The zero-order chi connectivity index (χ0) is 37.6. The molecule has 0 aliphatic heterocycles. The molecule has 1 heteroatoms. The molecule has 0 N–H and O–H groups in total. The third kappa shape index (κ3) is 4.10. The molecule has 0 atom stereocenters. The van der Waals surface area contributed by atoms with Crippen LogP contribution in [0.25, 0.3) is 105 Å². The summed E-state index contributed by atoms with van der Waals surface area (Å²) < 4.78 is 2.48. The van der Waals surface area contributed by atoms with Crippen LogP contribution < -0.4 is 0 Å². The first kappa shape index (κ1) is 30.9. The molecule has 10 aromatic rings. The summed E-state index contributed by atoms with van der Waals surface area (Å²) in [6.45, 7) is 0. The Morgan fingerprint density at radius 3 is 1.16 bits per heavy atom. The lowest BCUT2D eigenvalue weighted by Gasteiger charge is -2.26. The van der Waals surface area contributed by atoms with E-state index in [2.05, 4.69) is 180 Å². The molecule has 0 amide bonds. The van der Waals surface area contributed by atoms with Gasteiger partial charge < -0.3 is 4.57 Å². The maximum absolute atomic E-state index is 2.56. The SMILES string of the molecule is c1ccc(-n2c3ccccc3c3cc4c(cc32)-c2cc3c(cc2-c2cc5c(cc2-c2cc6c(cc2-4)-c2ccccc2C6)Cc2ccccc2-5)-c2ccccc2C3)cc1. The van der Waals surface area contributed by atoms with Crippen molar-refractivity contribution >= 4 is 21.8 Å². The number of hydrogen-bond donors (Lipinski definition) is 0. The first-order valence-corrected chi connectivity index (χ1v) is 20.6. The summed E-state index contributed by atoms with van der Waals surface area (Å²) in [5, 5.41) is 2.56. The Bertz CT molecular complexity index is 3470. The topological polar surface area (TPSA) is 4.93 Å². The van der Waals surface area contributed by atoms with Crippen LogP contribution in [0, 0.1) is 0 Å². The number of fused-ring (bicyclic) bond motifs is 20. The van der Waals surface area contributed by atoms with Crippen LogP contribution in [0.5, 0.6) is 0 Å². The number of nitrogens with zero attached hydrogens (tertiary/aromatic N) is 1. The fourth-order valence-electron chi connectivity index (χ4n) is 11.2. The van der Waals surface area contributed by atoms with Gasteiger partial charge in [-0.05, 0) is 197 Å². The molecule has 4 aliphatic rings. The van der Waals surface area contributed by atoms with Gasteiger partial charge in [0, 0.05) is 16.5 Å². The van der Waals surface area contributed by atoms with Gasteiger partial charge in [0.1, 0.15) is 0 Å². The molecule has 0 radical (unpaired) electrons. The summed E-state index contributed by atoms with van der Waals surface area (Å²) in [4.78, 5) is 0. The third-order valence-corrected chi connectivity index (χ3v) is 13.8. The van der Waals surface area contributed by atoms with Crippen LogP contribution in [0.15, 0.2) is 176 Å². The highest BCUT2D eigenvalue weighted by molar-refractivity contribution is 6.16. The Morgan fingerprint density at radius 2 is 0.638 bits per heavy atom. The molecule has 1 nitrogen and oxygen atoms in total. The fourth-order valence-corrected chi connectivity index (χ4v) is 11.2. The van der Waals surface area contributed by atoms with E-state index < -0.39 is 0 Å². The van der Waals surface area contributed by atoms with E-state index in [1.165, 1.54) is 139 Å². The summed E-state index contributed by atoms with van der Waals surface area (Å²) in [5.41, 5.74) is 30.9. The maximum Gasteiger partial charge on any atom is 0.0547 e. The Balaban J connectivity index is 1.16. The highest BCUT2D eigenvalue weighted by Gasteiger charge is 2.32. The lowest BCUT2D eigenvalue weighted by atomic mass is 9.77. The number of benzene rings is 9. The van der Waals surface area contributed by atoms with E-state index in [4.69, 9.17) is 0 Å². The van der Waals surface area contributed by atoms with Gasteiger partial charge in [0.05, 0.1) is 11.0 Å². The molecule has 268 valence electrons. The van der Waals surface area contributed by atoms with E-state index >= 15 is 0 Å². The molecular formula is C57H35N. The van der Waals surface area contributed by atoms with Gasteiger partial charge in [-0.2, -0.15) is 0 Å². The van der Waals surface area contributed by atoms with Crippen molar-refractivity contribution in [3.05, 3.63) is 209 Å². The molecule has 58 heavy (non-hydrogen) atoms. The average molecular weight is 734 g/mol. The lowest BCUT2D eigenvalue weighted by Crippen LogP contribution is -2.01. The zero-order valence-electron chi connectivity index (χ0n) is 31.8. The summed E-state index contributed by atoms with van der Waals surface area (Å²) in [7, 11) is 0. The minimum Gasteiger partial charge on any atom is -0.309 e. The molecule has 0 unspecified atom stereocenters. The van der Waals surface area contributed by atoms with Gasteiger partial charge in [-0.3, -0.25) is 0 Å². The van der Waals surface area contributed by atoms with Gasteiger partial charge in [0.25, 0.3) is 0 Å². The minimum absolute atomic E-state index is 0.950. The van der Waals surface area contributed by atoms with Gasteiger partial charge in [0.15, 0.2) is 0 Å². The Morgan fingerprint density at radius 1 is 0.241 bits per heavy atom. The minimum atomic E-state index is 0.950. The van der Waals surface area contributed by atoms with Crippen molar-refractivity contribution < 1.29 is 0 Å². The Kier molecular flexibility index (Phi) is 5.98. The van der Waals surface area contributed by atoms with Crippen molar-refractivity contribution in [1.82, 2.24) is 4.57 Å². The van der Waals surface area contributed by atoms with Crippen molar-refractivity contribution in [1.29, 1.82) is 0 Å². The molecule has 0 spiro atoms. The Labute approximate surface area is 337 Å². The highest BCUT2D eigenvalue weighted by atomic mass is 15.0. The van der Waals surface area contributed by atoms with Gasteiger partial charge in [-0.15, -0.1) is 0 Å². The normalized spacial score (nSPS) is 13.3. The summed E-state index contributed by atoms with van der Waals surface area (Å²) in [6.07, 6.45) is 2.87. The van der Waals surface area contributed by atoms with E-state index in [-0.39, 0.29) is 0 Å². The van der Waals surface area contributed by atoms with E-state index in [0.29, 0.717) is 0 Å². The zero-order valence-corrected chi connectivity index (χ0v) is 31.8. The van der Waals surface area contributed by atoms with Crippen LogP contribution in [-0.2, 0) is 19.3 Å². The van der Waals surface area contributed by atoms with Crippen molar-refractivity contribution in [2.24, 2.45) is 0 Å². The summed E-state index contributed by atoms with van der Waals surface area (Å²) >= 11 is 0. The van der Waals surface area contributed by atoms with Crippen molar-refractivity contribution in [3.8, 4) is 83.6 Å². The van der Waals surface area contributed by atoms with E-state index in [9.17, 15) is 0 Å². The molecule has 4 aliphatic carbocycles. The number of aromatic nitrogens is 1. The van der Waals surface area contributed by atoms with Crippen LogP contribution in [0.2, 0.25) is 0 Å². The average Bonchev–Trinajstić information content (AvgIpc) is 4.02. The summed E-state index contributed by atoms with van der Waals surface area (Å²) in [5.74, 6) is 0.